The van der Waals surface area contributed by atoms with Crippen molar-refractivity contribution in [3.63, 3.8) is 0 Å². The van der Waals surface area contributed by atoms with Gasteiger partial charge in [0.25, 0.3) is 0 Å². The fourth-order valence-corrected chi connectivity index (χ4v) is 2.41. The van der Waals surface area contributed by atoms with Gasteiger partial charge in [0, 0.05) is 11.1 Å². The Morgan fingerprint density at radius 3 is 3.00 bits per heavy atom. The third kappa shape index (κ3) is 1.87. The molecule has 3 rings (SSSR count). The maximum absolute atomic E-state index is 4.64. The topological polar surface area (TPSA) is 12.9 Å². The van der Waals surface area contributed by atoms with Gasteiger partial charge in [0.1, 0.15) is 0 Å². The molecule has 0 unspecified atom stereocenters. The zero-order valence-corrected chi connectivity index (χ0v) is 9.65. The lowest BCUT2D eigenvalue weighted by Crippen LogP contribution is -1.94. The number of hydrogen-bond donors (Lipinski definition) is 0. The van der Waals surface area contributed by atoms with E-state index in [2.05, 4.69) is 40.7 Å². The minimum absolute atomic E-state index is 0. The summed E-state index contributed by atoms with van der Waals surface area (Å²) in [5.41, 5.74) is 3.57. The highest BCUT2D eigenvalue weighted by atomic mass is 35.5. The number of hydrogen-bond acceptors (Lipinski definition) is 2. The summed E-state index contributed by atoms with van der Waals surface area (Å²) in [5.74, 6) is 0.997. The smallest absolute Gasteiger partial charge is 0.0706 e. The summed E-state index contributed by atoms with van der Waals surface area (Å²) in [4.78, 5) is 4.64. The summed E-state index contributed by atoms with van der Waals surface area (Å²) >= 11 is 1.80. The molecule has 2 heterocycles. The summed E-state index contributed by atoms with van der Waals surface area (Å²) in [6, 6.07) is 10.5. The second kappa shape index (κ2) is 4.25. The van der Waals surface area contributed by atoms with E-state index in [0.29, 0.717) is 0 Å². The zero-order chi connectivity index (χ0) is 9.38. The SMILES string of the molecule is C1=Cc2cc3ccccc3nc2CS1.Cl. The lowest BCUT2D eigenvalue weighted by atomic mass is 10.1. The van der Waals surface area contributed by atoms with E-state index in [9.17, 15) is 0 Å². The quantitative estimate of drug-likeness (QED) is 0.688. The molecule has 0 saturated carbocycles. The molecule has 76 valence electrons. The molecule has 0 fully saturated rings. The lowest BCUT2D eigenvalue weighted by Gasteiger charge is -2.09. The van der Waals surface area contributed by atoms with Crippen molar-refractivity contribution in [1.29, 1.82) is 0 Å². The van der Waals surface area contributed by atoms with E-state index in [-0.39, 0.29) is 12.4 Å². The number of thioether (sulfide) groups is 1. The highest BCUT2D eigenvalue weighted by Crippen LogP contribution is 2.26. The van der Waals surface area contributed by atoms with Gasteiger partial charge in [0.15, 0.2) is 0 Å². The first-order valence-electron chi connectivity index (χ1n) is 4.60. The van der Waals surface area contributed by atoms with Gasteiger partial charge < -0.3 is 0 Å². The largest absolute Gasteiger partial charge is 0.251 e. The number of para-hydroxylation sites is 1. The van der Waals surface area contributed by atoms with Crippen molar-refractivity contribution < 1.29 is 0 Å². The van der Waals surface area contributed by atoms with Crippen LogP contribution in [0, 0.1) is 0 Å². The minimum atomic E-state index is 0. The first-order chi connectivity index (χ1) is 6.93. The van der Waals surface area contributed by atoms with Gasteiger partial charge in [-0.05, 0) is 29.2 Å². The summed E-state index contributed by atoms with van der Waals surface area (Å²) in [5, 5.41) is 3.36. The summed E-state index contributed by atoms with van der Waals surface area (Å²) in [7, 11) is 0. The fourth-order valence-electron chi connectivity index (χ4n) is 1.68. The highest BCUT2D eigenvalue weighted by molar-refractivity contribution is 8.01. The van der Waals surface area contributed by atoms with Gasteiger partial charge in [-0.1, -0.05) is 18.2 Å². The summed E-state index contributed by atoms with van der Waals surface area (Å²) in [6.07, 6.45) is 2.14. The van der Waals surface area contributed by atoms with Gasteiger partial charge in [0.05, 0.1) is 11.2 Å². The Kier molecular flexibility index (Phi) is 2.98. The normalized spacial score (nSPS) is 13.3. The van der Waals surface area contributed by atoms with E-state index in [1.807, 2.05) is 6.07 Å². The standard InChI is InChI=1S/C12H9NS.ClH/c1-2-4-11-9(3-1)7-10-5-6-14-8-12(10)13-11;/h1-7H,8H2;1H. The number of pyridine rings is 1. The molecule has 0 aliphatic carbocycles. The Hall–Kier alpha value is -0.990. The molecule has 0 radical (unpaired) electrons. The molecule has 1 aliphatic rings. The average molecular weight is 236 g/mol. The fraction of sp³-hybridized carbons (Fsp3) is 0.0833. The van der Waals surface area contributed by atoms with Gasteiger partial charge in [-0.15, -0.1) is 24.2 Å². The Morgan fingerprint density at radius 1 is 1.20 bits per heavy atom. The van der Waals surface area contributed by atoms with Crippen LogP contribution in [0.5, 0.6) is 0 Å². The third-order valence-electron chi connectivity index (χ3n) is 2.40. The van der Waals surface area contributed by atoms with Crippen molar-refractivity contribution in [2.75, 3.05) is 0 Å². The van der Waals surface area contributed by atoms with E-state index in [0.717, 1.165) is 11.3 Å². The number of nitrogens with zero attached hydrogens (tertiary/aromatic N) is 1. The molecule has 2 aromatic rings. The molecule has 0 amide bonds. The predicted octanol–water partition coefficient (Wildman–Crippen LogP) is 3.87. The van der Waals surface area contributed by atoms with Gasteiger partial charge in [0.2, 0.25) is 0 Å². The van der Waals surface area contributed by atoms with Crippen LogP contribution in [-0.4, -0.2) is 4.98 Å². The van der Waals surface area contributed by atoms with E-state index in [4.69, 9.17) is 0 Å². The van der Waals surface area contributed by atoms with Crippen LogP contribution in [0.3, 0.4) is 0 Å². The van der Waals surface area contributed by atoms with Gasteiger partial charge in [-0.3, -0.25) is 4.98 Å². The number of aromatic nitrogens is 1. The van der Waals surface area contributed by atoms with Crippen LogP contribution in [0.15, 0.2) is 35.7 Å². The maximum atomic E-state index is 4.64. The molecule has 1 aromatic heterocycles. The molecule has 0 N–H and O–H groups in total. The van der Waals surface area contributed by atoms with Crippen molar-refractivity contribution >= 4 is 41.1 Å². The molecular weight excluding hydrogens is 226 g/mol. The van der Waals surface area contributed by atoms with Crippen LogP contribution in [0.2, 0.25) is 0 Å². The van der Waals surface area contributed by atoms with Crippen molar-refractivity contribution in [3.05, 3.63) is 47.0 Å². The predicted molar refractivity (Wildman–Crippen MR) is 69.3 cm³/mol. The van der Waals surface area contributed by atoms with Crippen LogP contribution in [-0.2, 0) is 5.75 Å². The molecule has 1 aromatic carbocycles. The van der Waals surface area contributed by atoms with E-state index < -0.39 is 0 Å². The van der Waals surface area contributed by atoms with Crippen molar-refractivity contribution in [2.45, 2.75) is 5.75 Å². The van der Waals surface area contributed by atoms with Crippen LogP contribution < -0.4 is 0 Å². The van der Waals surface area contributed by atoms with Crippen molar-refractivity contribution in [2.24, 2.45) is 0 Å². The van der Waals surface area contributed by atoms with E-state index in [1.54, 1.807) is 11.8 Å². The van der Waals surface area contributed by atoms with Crippen LogP contribution >= 0.6 is 24.2 Å². The van der Waals surface area contributed by atoms with Crippen molar-refractivity contribution in [1.82, 2.24) is 4.98 Å². The summed E-state index contributed by atoms with van der Waals surface area (Å²) in [6.45, 7) is 0. The lowest BCUT2D eigenvalue weighted by molar-refractivity contribution is 1.21. The van der Waals surface area contributed by atoms with Gasteiger partial charge in [-0.2, -0.15) is 0 Å². The Labute approximate surface area is 99.0 Å². The molecule has 0 atom stereocenters. The van der Waals surface area contributed by atoms with E-state index in [1.165, 1.54) is 16.6 Å². The van der Waals surface area contributed by atoms with E-state index >= 15 is 0 Å². The van der Waals surface area contributed by atoms with Crippen LogP contribution in [0.25, 0.3) is 17.0 Å². The minimum Gasteiger partial charge on any atom is -0.251 e. The second-order valence-corrected chi connectivity index (χ2v) is 4.22. The molecule has 1 aliphatic heterocycles. The molecule has 0 saturated heterocycles. The first-order valence-corrected chi connectivity index (χ1v) is 5.65. The number of benzene rings is 1. The molecule has 0 bridgehead atoms. The Balaban J connectivity index is 0.000000853. The van der Waals surface area contributed by atoms with Crippen LogP contribution in [0.1, 0.15) is 11.3 Å². The van der Waals surface area contributed by atoms with Gasteiger partial charge >= 0.3 is 0 Å². The Bertz CT molecular complexity index is 522. The molecule has 15 heavy (non-hydrogen) atoms. The number of fused-ring (bicyclic) bond motifs is 2. The monoisotopic (exact) mass is 235 g/mol. The first kappa shape index (κ1) is 10.5. The molecular formula is C12H10ClNS. The maximum Gasteiger partial charge on any atom is 0.0706 e. The average Bonchev–Trinajstić information content (AvgIpc) is 2.26. The molecule has 3 heteroatoms. The Morgan fingerprint density at radius 2 is 2.07 bits per heavy atom. The molecule has 1 nitrogen and oxygen atoms in total. The summed E-state index contributed by atoms with van der Waals surface area (Å²) < 4.78 is 0. The van der Waals surface area contributed by atoms with Gasteiger partial charge in [-0.25, -0.2) is 0 Å². The second-order valence-electron chi connectivity index (χ2n) is 3.33. The highest BCUT2D eigenvalue weighted by Gasteiger charge is 2.07. The van der Waals surface area contributed by atoms with Crippen LogP contribution in [0.4, 0.5) is 0 Å². The van der Waals surface area contributed by atoms with Crippen molar-refractivity contribution in [3.8, 4) is 0 Å². The molecule has 0 spiro atoms. The third-order valence-corrected chi connectivity index (χ3v) is 3.17. The zero-order valence-electron chi connectivity index (χ0n) is 8.01. The number of halogens is 1. The number of rotatable bonds is 0.